The van der Waals surface area contributed by atoms with Gasteiger partial charge in [0.15, 0.2) is 0 Å². The summed E-state index contributed by atoms with van der Waals surface area (Å²) in [6, 6.07) is 4.44. The summed E-state index contributed by atoms with van der Waals surface area (Å²) in [5, 5.41) is 4.15. The highest BCUT2D eigenvalue weighted by molar-refractivity contribution is 7.19. The number of hydrogen-bond donors (Lipinski definition) is 1. The Hall–Kier alpha value is -2.69. The normalized spacial score (nSPS) is 14.9. The molecule has 7 heteroatoms. The number of benzene rings is 1. The van der Waals surface area contributed by atoms with E-state index in [4.69, 9.17) is 15.9 Å². The van der Waals surface area contributed by atoms with Crippen molar-refractivity contribution in [2.24, 2.45) is 0 Å². The van der Waals surface area contributed by atoms with E-state index in [1.807, 2.05) is 6.92 Å². The molecule has 138 valence electrons. The number of aromatic nitrogens is 2. The molecule has 1 N–H and O–H groups in total. The van der Waals surface area contributed by atoms with Crippen LogP contribution in [0.1, 0.15) is 23.3 Å². The monoisotopic (exact) mass is 383 g/mol. The van der Waals surface area contributed by atoms with Crippen LogP contribution in [0, 0.1) is 25.1 Å². The number of terminal acetylenes is 1. The van der Waals surface area contributed by atoms with E-state index in [0.29, 0.717) is 30.5 Å². The zero-order valence-corrected chi connectivity index (χ0v) is 15.6. The van der Waals surface area contributed by atoms with Crippen LogP contribution in [0.5, 0.6) is 5.75 Å². The van der Waals surface area contributed by atoms with Crippen molar-refractivity contribution in [3.63, 3.8) is 0 Å². The maximum Gasteiger partial charge on any atom is 0.146 e. The Morgan fingerprint density at radius 3 is 2.93 bits per heavy atom. The summed E-state index contributed by atoms with van der Waals surface area (Å²) in [7, 11) is 0. The molecule has 3 heterocycles. The number of rotatable bonds is 4. The van der Waals surface area contributed by atoms with Gasteiger partial charge in [0.05, 0.1) is 29.2 Å². The van der Waals surface area contributed by atoms with E-state index in [0.717, 1.165) is 33.5 Å². The van der Waals surface area contributed by atoms with E-state index in [1.165, 1.54) is 29.8 Å². The fourth-order valence-electron chi connectivity index (χ4n) is 3.10. The van der Waals surface area contributed by atoms with Gasteiger partial charge in [-0.2, -0.15) is 0 Å². The number of nitrogens with one attached hydrogen (secondary N) is 1. The molecule has 0 amide bonds. The quantitative estimate of drug-likeness (QED) is 0.676. The molecule has 1 aromatic carbocycles. The highest BCUT2D eigenvalue weighted by Gasteiger charge is 2.19. The second-order valence-corrected chi connectivity index (χ2v) is 7.30. The van der Waals surface area contributed by atoms with Crippen LogP contribution in [-0.4, -0.2) is 29.3 Å². The maximum absolute atomic E-state index is 13.8. The van der Waals surface area contributed by atoms with Gasteiger partial charge in [-0.05, 0) is 24.6 Å². The van der Waals surface area contributed by atoms with Gasteiger partial charge in [0, 0.05) is 18.9 Å². The fourth-order valence-corrected chi connectivity index (χ4v) is 4.06. The molecule has 0 spiro atoms. The van der Waals surface area contributed by atoms with Gasteiger partial charge in [0.2, 0.25) is 0 Å². The molecule has 0 atom stereocenters. The van der Waals surface area contributed by atoms with E-state index in [-0.39, 0.29) is 11.9 Å². The molecule has 1 aliphatic heterocycles. The Morgan fingerprint density at radius 1 is 1.33 bits per heavy atom. The third-order valence-corrected chi connectivity index (χ3v) is 5.65. The smallest absolute Gasteiger partial charge is 0.146 e. The van der Waals surface area contributed by atoms with Gasteiger partial charge in [0.1, 0.15) is 34.6 Å². The van der Waals surface area contributed by atoms with Crippen LogP contribution in [0.15, 0.2) is 24.5 Å². The molecule has 0 aliphatic carbocycles. The number of hydrogen-bond acceptors (Lipinski definition) is 6. The molecule has 1 saturated heterocycles. The Morgan fingerprint density at radius 2 is 2.15 bits per heavy atom. The Kier molecular flexibility index (Phi) is 4.92. The zero-order valence-electron chi connectivity index (χ0n) is 14.8. The van der Waals surface area contributed by atoms with Gasteiger partial charge < -0.3 is 14.8 Å². The molecular formula is C20H18FN3O2S. The fraction of sp³-hybridized carbons (Fsp3) is 0.300. The lowest BCUT2D eigenvalue weighted by molar-refractivity contribution is 0.0257. The predicted molar refractivity (Wildman–Crippen MR) is 104 cm³/mol. The van der Waals surface area contributed by atoms with E-state index >= 15 is 0 Å². The van der Waals surface area contributed by atoms with E-state index in [1.54, 1.807) is 6.07 Å². The third-order valence-electron chi connectivity index (χ3n) is 4.52. The van der Waals surface area contributed by atoms with Crippen molar-refractivity contribution in [1.29, 1.82) is 0 Å². The summed E-state index contributed by atoms with van der Waals surface area (Å²) in [5.74, 6) is 3.42. The molecule has 1 aliphatic rings. The molecule has 5 nitrogen and oxygen atoms in total. The van der Waals surface area contributed by atoms with Crippen LogP contribution < -0.4 is 10.1 Å². The minimum Gasteiger partial charge on any atom is -0.488 e. The van der Waals surface area contributed by atoms with Crippen LogP contribution in [-0.2, 0) is 4.74 Å². The van der Waals surface area contributed by atoms with Crippen molar-refractivity contribution >= 4 is 33.1 Å². The molecule has 1 fully saturated rings. The first kappa shape index (κ1) is 17.7. The van der Waals surface area contributed by atoms with Crippen molar-refractivity contribution in [1.82, 2.24) is 9.97 Å². The van der Waals surface area contributed by atoms with Crippen LogP contribution >= 0.6 is 11.3 Å². The lowest BCUT2D eigenvalue weighted by atomic mass is 10.1. The Labute approximate surface area is 160 Å². The number of fused-ring (bicyclic) bond motifs is 1. The SMILES string of the molecule is C#Cc1sc2ncnc(Nc3ccc(F)cc3OC3CCOCC3)c2c1C. The molecule has 0 unspecified atom stereocenters. The van der Waals surface area contributed by atoms with Crippen LogP contribution in [0.4, 0.5) is 15.9 Å². The van der Waals surface area contributed by atoms with Crippen molar-refractivity contribution in [2.45, 2.75) is 25.9 Å². The van der Waals surface area contributed by atoms with Crippen molar-refractivity contribution < 1.29 is 13.9 Å². The van der Waals surface area contributed by atoms with Gasteiger partial charge in [-0.1, -0.05) is 5.92 Å². The number of halogens is 1. The summed E-state index contributed by atoms with van der Waals surface area (Å²) in [6.07, 6.45) is 8.64. The number of thiophene rings is 1. The molecule has 0 saturated carbocycles. The van der Waals surface area contributed by atoms with Gasteiger partial charge in [-0.3, -0.25) is 0 Å². The van der Waals surface area contributed by atoms with Gasteiger partial charge in [0.25, 0.3) is 0 Å². The summed E-state index contributed by atoms with van der Waals surface area (Å²) >= 11 is 1.45. The molecule has 0 radical (unpaired) electrons. The van der Waals surface area contributed by atoms with Gasteiger partial charge in [-0.25, -0.2) is 14.4 Å². The van der Waals surface area contributed by atoms with Crippen LogP contribution in [0.3, 0.4) is 0 Å². The van der Waals surface area contributed by atoms with Crippen molar-refractivity contribution in [3.8, 4) is 18.1 Å². The average molecular weight is 383 g/mol. The molecule has 3 aromatic rings. The average Bonchev–Trinajstić information content (AvgIpc) is 3.01. The van der Waals surface area contributed by atoms with Crippen molar-refractivity contribution in [3.05, 3.63) is 40.8 Å². The first-order valence-corrected chi connectivity index (χ1v) is 9.49. The molecule has 27 heavy (non-hydrogen) atoms. The standard InChI is InChI=1S/C20H18FN3O2S/c1-3-17-12(2)18-19(22-11-23-20(18)27-17)24-15-5-4-13(21)10-16(15)26-14-6-8-25-9-7-14/h1,4-5,10-11,14H,6-9H2,2H3,(H,22,23,24). The zero-order chi connectivity index (χ0) is 18.8. The molecule has 0 bridgehead atoms. The topological polar surface area (TPSA) is 56.3 Å². The Bertz CT molecular complexity index is 1020. The minimum atomic E-state index is -0.350. The van der Waals surface area contributed by atoms with E-state index in [2.05, 4.69) is 21.2 Å². The Balaban J connectivity index is 1.69. The lowest BCUT2D eigenvalue weighted by Gasteiger charge is -2.24. The van der Waals surface area contributed by atoms with E-state index < -0.39 is 0 Å². The highest BCUT2D eigenvalue weighted by Crippen LogP contribution is 2.36. The molecule has 4 rings (SSSR count). The highest BCUT2D eigenvalue weighted by atomic mass is 32.1. The second kappa shape index (κ2) is 7.51. The third kappa shape index (κ3) is 3.59. The predicted octanol–water partition coefficient (Wildman–Crippen LogP) is 4.42. The largest absolute Gasteiger partial charge is 0.488 e. The number of ether oxygens (including phenoxy) is 2. The summed E-state index contributed by atoms with van der Waals surface area (Å²) in [4.78, 5) is 10.3. The van der Waals surface area contributed by atoms with E-state index in [9.17, 15) is 4.39 Å². The number of aryl methyl sites for hydroxylation is 1. The minimum absolute atomic E-state index is 0.00226. The number of nitrogens with zero attached hydrogens (tertiary/aromatic N) is 2. The summed E-state index contributed by atoms with van der Waals surface area (Å²) < 4.78 is 25.2. The second-order valence-electron chi connectivity index (χ2n) is 6.30. The van der Waals surface area contributed by atoms with Crippen LogP contribution in [0.2, 0.25) is 0 Å². The van der Waals surface area contributed by atoms with Crippen LogP contribution in [0.25, 0.3) is 10.2 Å². The lowest BCUT2D eigenvalue weighted by Crippen LogP contribution is -2.26. The number of anilines is 2. The van der Waals surface area contributed by atoms with Gasteiger partial charge >= 0.3 is 0 Å². The molecular weight excluding hydrogens is 365 g/mol. The summed E-state index contributed by atoms with van der Waals surface area (Å²) in [6.45, 7) is 3.25. The molecule has 2 aromatic heterocycles. The first-order valence-electron chi connectivity index (χ1n) is 8.67. The van der Waals surface area contributed by atoms with Gasteiger partial charge in [-0.15, -0.1) is 17.8 Å². The first-order chi connectivity index (χ1) is 13.2. The summed E-state index contributed by atoms with van der Waals surface area (Å²) in [5.41, 5.74) is 1.60. The van der Waals surface area contributed by atoms with Crippen molar-refractivity contribution in [2.75, 3.05) is 18.5 Å². The maximum atomic E-state index is 13.8.